The van der Waals surface area contributed by atoms with Crippen molar-refractivity contribution in [1.29, 1.82) is 0 Å². The third-order valence-corrected chi connectivity index (χ3v) is 12.5. The van der Waals surface area contributed by atoms with E-state index in [2.05, 4.69) is 17.1 Å². The molecule has 1 amide bonds. The number of nitrogens with zero attached hydrogens (tertiary/aromatic N) is 2. The number of benzene rings is 2. The van der Waals surface area contributed by atoms with Gasteiger partial charge in [-0.2, -0.15) is 0 Å². The number of esters is 1. The average molecular weight is 819 g/mol. The van der Waals surface area contributed by atoms with E-state index in [0.717, 1.165) is 22.3 Å². The van der Waals surface area contributed by atoms with Crippen molar-refractivity contribution in [3.8, 4) is 11.1 Å². The number of ketones is 1. The zero-order valence-corrected chi connectivity index (χ0v) is 36.7. The summed E-state index contributed by atoms with van der Waals surface area (Å²) < 4.78 is 32.9. The van der Waals surface area contributed by atoms with Crippen LogP contribution < -0.4 is 0 Å². The predicted molar refractivity (Wildman–Crippen MR) is 226 cm³/mol. The second-order valence-corrected chi connectivity index (χ2v) is 17.7. The summed E-state index contributed by atoms with van der Waals surface area (Å²) in [5.74, 6) is -5.03. The minimum atomic E-state index is -1.79. The lowest BCUT2D eigenvalue weighted by Gasteiger charge is -2.47. The number of carbonyl (C=O) groups is 3. The van der Waals surface area contributed by atoms with E-state index >= 15 is 0 Å². The summed E-state index contributed by atoms with van der Waals surface area (Å²) in [5, 5.41) is 24.2. The molecular weight excluding hydrogens is 753 g/mol. The number of aliphatic hydroxyl groups excluding tert-OH is 1. The van der Waals surface area contributed by atoms with Gasteiger partial charge < -0.3 is 38.8 Å². The van der Waals surface area contributed by atoms with E-state index in [1.165, 1.54) is 13.8 Å². The zero-order valence-electron chi connectivity index (χ0n) is 36.7. The number of Topliss-reactive ketones (excluding diaryl/α,β-unsaturated/α-hetero) is 1. The highest BCUT2D eigenvalue weighted by atomic mass is 16.7. The van der Waals surface area contributed by atoms with Gasteiger partial charge in [0.05, 0.1) is 37.1 Å². The number of amides is 1. The van der Waals surface area contributed by atoms with Crippen LogP contribution in [0, 0.1) is 23.7 Å². The summed E-state index contributed by atoms with van der Waals surface area (Å²) in [6.45, 7) is 15.5. The molecule has 324 valence electrons. The Balaban J connectivity index is 1.71. The van der Waals surface area contributed by atoms with Crippen molar-refractivity contribution in [3.63, 3.8) is 0 Å². The summed E-state index contributed by atoms with van der Waals surface area (Å²) in [4.78, 5) is 47.8. The van der Waals surface area contributed by atoms with Crippen LogP contribution in [0.2, 0.25) is 0 Å². The highest BCUT2D eigenvalue weighted by Crippen LogP contribution is 2.40. The predicted octanol–water partition coefficient (Wildman–Crippen LogP) is 6.30. The lowest BCUT2D eigenvalue weighted by molar-refractivity contribution is -0.296. The highest BCUT2D eigenvalue weighted by Gasteiger charge is 2.53. The van der Waals surface area contributed by atoms with Gasteiger partial charge in [0, 0.05) is 30.5 Å². The minimum Gasteiger partial charge on any atom is -0.459 e. The van der Waals surface area contributed by atoms with E-state index in [1.807, 2.05) is 95.2 Å². The number of fused-ring (bicyclic) bond motifs is 5. The van der Waals surface area contributed by atoms with Crippen LogP contribution in [0.4, 0.5) is 0 Å². The van der Waals surface area contributed by atoms with Crippen LogP contribution in [-0.2, 0) is 38.1 Å². The van der Waals surface area contributed by atoms with E-state index in [9.17, 15) is 24.6 Å². The molecule has 0 spiro atoms. The Morgan fingerprint density at radius 3 is 2.22 bits per heavy atom. The van der Waals surface area contributed by atoms with Crippen LogP contribution in [0.15, 0.2) is 65.2 Å². The molecule has 0 radical (unpaired) electrons. The van der Waals surface area contributed by atoms with E-state index in [0.29, 0.717) is 12.1 Å². The van der Waals surface area contributed by atoms with Crippen LogP contribution in [0.3, 0.4) is 0 Å². The van der Waals surface area contributed by atoms with Crippen molar-refractivity contribution in [3.05, 3.63) is 65.7 Å². The quantitative estimate of drug-likeness (QED) is 0.250. The van der Waals surface area contributed by atoms with Crippen LogP contribution in [0.5, 0.6) is 0 Å². The fourth-order valence-corrected chi connectivity index (χ4v) is 9.30. The first kappa shape index (κ1) is 46.4. The van der Waals surface area contributed by atoms with Gasteiger partial charge in [-0.25, -0.2) is 4.99 Å². The Morgan fingerprint density at radius 2 is 1.61 bits per heavy atom. The van der Waals surface area contributed by atoms with Gasteiger partial charge in [0.2, 0.25) is 5.91 Å². The minimum absolute atomic E-state index is 0.00330. The van der Waals surface area contributed by atoms with Gasteiger partial charge in [0.25, 0.3) is 0 Å². The molecule has 3 aliphatic heterocycles. The number of ether oxygens (including phenoxy) is 5. The van der Waals surface area contributed by atoms with Crippen molar-refractivity contribution < 1.29 is 48.3 Å². The summed E-state index contributed by atoms with van der Waals surface area (Å²) in [6, 6.07) is 17.9. The van der Waals surface area contributed by atoms with E-state index < -0.39 is 83.2 Å². The Morgan fingerprint density at radius 1 is 0.966 bits per heavy atom. The van der Waals surface area contributed by atoms with Crippen LogP contribution >= 0.6 is 0 Å². The molecule has 3 saturated heterocycles. The molecule has 5 rings (SSSR count). The summed E-state index contributed by atoms with van der Waals surface area (Å²) >= 11 is 0. The third-order valence-electron chi connectivity index (χ3n) is 12.5. The standard InChI is InChI=1S/C47H66N2O10/c1-12-38-47(9,54)43-29(4)39(48-32(7)50)27(2)24-46(8,56-26-34(25-55-43)23-33-18-20-36(21-19-33)35-16-14-13-15-17-35)42(30(5)40(51)31(6)44(53)58-38)59-45-41(52)37(49(10)11)22-28(3)57-45/h13-21,23,27-31,37-38,41-43,45,52,54H,12,22,24-26H2,1-11H3/b34-23-,48-39?/t27?,28-,29?,30+,31-,37+,38-,41?,42?,43?,45+,46-,47-/m1/s1. The number of aliphatic imine (C=N–C) groups is 1. The maximum Gasteiger partial charge on any atom is 0.316 e. The van der Waals surface area contributed by atoms with Gasteiger partial charge in [-0.15, -0.1) is 0 Å². The van der Waals surface area contributed by atoms with Gasteiger partial charge in [-0.1, -0.05) is 88.4 Å². The molecule has 59 heavy (non-hydrogen) atoms. The fraction of sp³-hybridized carbons (Fsp3) is 0.617. The van der Waals surface area contributed by atoms with Gasteiger partial charge in [-0.3, -0.25) is 14.4 Å². The molecular formula is C47H66N2O10. The molecule has 12 heteroatoms. The monoisotopic (exact) mass is 818 g/mol. The first-order chi connectivity index (χ1) is 27.8. The molecule has 3 aliphatic rings. The smallest absolute Gasteiger partial charge is 0.316 e. The molecule has 2 N–H and O–H groups in total. The maximum atomic E-state index is 14.6. The van der Waals surface area contributed by atoms with E-state index in [1.54, 1.807) is 20.8 Å². The largest absolute Gasteiger partial charge is 0.459 e. The van der Waals surface area contributed by atoms with Crippen molar-refractivity contribution in [2.24, 2.45) is 28.7 Å². The Bertz CT molecular complexity index is 1830. The summed E-state index contributed by atoms with van der Waals surface area (Å²) in [5.41, 5.74) is 1.10. The number of cyclic esters (lactones) is 1. The van der Waals surface area contributed by atoms with Crippen LogP contribution in [0.1, 0.15) is 87.1 Å². The lowest BCUT2D eigenvalue weighted by atomic mass is 9.73. The molecule has 5 unspecified atom stereocenters. The number of hydrogen-bond acceptors (Lipinski definition) is 11. The zero-order chi connectivity index (χ0) is 43.4. The number of likely N-dealkylation sites (N-methyl/N-ethyl adjacent to an activating group) is 1. The molecule has 2 aromatic carbocycles. The van der Waals surface area contributed by atoms with Gasteiger partial charge in [0.15, 0.2) is 12.1 Å². The molecule has 0 saturated carbocycles. The van der Waals surface area contributed by atoms with E-state index in [4.69, 9.17) is 23.7 Å². The van der Waals surface area contributed by atoms with E-state index in [-0.39, 0.29) is 38.2 Å². The number of rotatable bonds is 6. The topological polar surface area (TPSA) is 153 Å². The molecule has 0 aliphatic carbocycles. The number of carbonyl (C=O) groups excluding carboxylic acids is 3. The Labute approximate surface area is 350 Å². The first-order valence-corrected chi connectivity index (χ1v) is 21.1. The molecule has 3 heterocycles. The van der Waals surface area contributed by atoms with Crippen molar-refractivity contribution in [2.45, 2.75) is 136 Å². The molecule has 2 aromatic rings. The summed E-state index contributed by atoms with van der Waals surface area (Å²) in [6.07, 6.45) is -2.73. The SMILES string of the molecule is CC[C@H]1OC(=O)[C@H](C)C(=O)[C@H](C)C(O[C@@H]2O[C@H](C)C[C@H](N(C)C)C2O)[C@@]2(C)CC(C)C(=NC(C)=O)C(C)C(OC/C(=C/c3ccc(-c4ccccc4)cc3)CO2)[C@]1(C)O. The first-order valence-electron chi connectivity index (χ1n) is 21.1. The lowest BCUT2D eigenvalue weighted by Crippen LogP contribution is -2.60. The number of aliphatic hydroxyl groups is 2. The Hall–Kier alpha value is -3.62. The van der Waals surface area contributed by atoms with Crippen molar-refractivity contribution in [2.75, 3.05) is 27.3 Å². The normalized spacial score (nSPS) is 38.0. The average Bonchev–Trinajstić information content (AvgIpc) is 3.21. The third kappa shape index (κ3) is 10.6. The van der Waals surface area contributed by atoms with Crippen molar-refractivity contribution in [1.82, 2.24) is 4.90 Å². The second-order valence-electron chi connectivity index (χ2n) is 17.7. The van der Waals surface area contributed by atoms with Gasteiger partial charge in [0.1, 0.15) is 23.7 Å². The molecule has 13 atom stereocenters. The molecule has 0 aromatic heterocycles. The molecule has 2 bridgehead atoms. The van der Waals surface area contributed by atoms with Crippen LogP contribution in [0.25, 0.3) is 17.2 Å². The maximum absolute atomic E-state index is 14.6. The molecule has 12 nitrogen and oxygen atoms in total. The summed E-state index contributed by atoms with van der Waals surface area (Å²) in [7, 11) is 3.77. The number of hydrogen-bond donors (Lipinski definition) is 2. The van der Waals surface area contributed by atoms with Gasteiger partial charge >= 0.3 is 5.97 Å². The molecule has 3 fully saturated rings. The van der Waals surface area contributed by atoms with Crippen molar-refractivity contribution >= 4 is 29.4 Å². The highest BCUT2D eigenvalue weighted by molar-refractivity contribution is 6.00. The Kier molecular flexibility index (Phi) is 15.3. The fourth-order valence-electron chi connectivity index (χ4n) is 9.30. The van der Waals surface area contributed by atoms with Gasteiger partial charge in [-0.05, 0) is 89.2 Å². The second kappa shape index (κ2) is 19.4. The van der Waals surface area contributed by atoms with Crippen LogP contribution in [-0.4, -0.2) is 120 Å².